The minimum atomic E-state index is -1.07. The summed E-state index contributed by atoms with van der Waals surface area (Å²) >= 11 is 1.55. The van der Waals surface area contributed by atoms with E-state index in [9.17, 15) is 9.90 Å². The van der Waals surface area contributed by atoms with Crippen LogP contribution in [0, 0.1) is 0 Å². The van der Waals surface area contributed by atoms with Crippen LogP contribution in [-0.2, 0) is 22.6 Å². The molecule has 0 saturated carbocycles. The number of fused-ring (bicyclic) bond motifs is 3. The predicted octanol–water partition coefficient (Wildman–Crippen LogP) is 1.21. The van der Waals surface area contributed by atoms with Crippen LogP contribution in [0.1, 0.15) is 12.7 Å². The summed E-state index contributed by atoms with van der Waals surface area (Å²) in [6, 6.07) is 3.79. The lowest BCUT2D eigenvalue weighted by Gasteiger charge is -2.14. The molecule has 3 heterocycles. The van der Waals surface area contributed by atoms with Crippen molar-refractivity contribution in [3.05, 3.63) is 33.7 Å². The van der Waals surface area contributed by atoms with Gasteiger partial charge in [0.25, 0.3) is 5.56 Å². The lowest BCUT2D eigenvalue weighted by molar-refractivity contribution is -0.106. The normalized spacial score (nSPS) is 13.2. The van der Waals surface area contributed by atoms with Crippen molar-refractivity contribution < 1.29 is 14.6 Å². The Kier molecular flexibility index (Phi) is 4.25. The van der Waals surface area contributed by atoms with E-state index in [4.69, 9.17) is 9.47 Å². The Labute approximate surface area is 130 Å². The van der Waals surface area contributed by atoms with E-state index in [1.54, 1.807) is 25.4 Å². The second-order valence-corrected chi connectivity index (χ2v) is 5.69. The first-order valence-corrected chi connectivity index (χ1v) is 7.81. The Morgan fingerprint density at radius 2 is 2.32 bits per heavy atom. The van der Waals surface area contributed by atoms with E-state index in [1.807, 2.05) is 21.9 Å². The molecule has 7 nitrogen and oxygen atoms in total. The second kappa shape index (κ2) is 6.17. The first-order valence-electron chi connectivity index (χ1n) is 6.93. The molecule has 0 fully saturated rings. The maximum absolute atomic E-state index is 12.6. The standard InChI is InChI=1S/C14H17N3O4S/c1-3-21-12(18)7-16-13(19)10-6-9-4-5-22-14(9)17(10)11(15-16)8-20-2/h4-6,12,18H,3,7-8H2,1-2H3. The highest BCUT2D eigenvalue weighted by Crippen LogP contribution is 2.24. The first-order chi connectivity index (χ1) is 10.7. The van der Waals surface area contributed by atoms with Gasteiger partial charge < -0.3 is 14.6 Å². The lowest BCUT2D eigenvalue weighted by Crippen LogP contribution is -2.32. The molecule has 3 rings (SSSR count). The summed E-state index contributed by atoms with van der Waals surface area (Å²) in [6.07, 6.45) is -1.07. The predicted molar refractivity (Wildman–Crippen MR) is 83.2 cm³/mol. The molecule has 1 atom stereocenters. The number of methoxy groups -OCH3 is 1. The van der Waals surface area contributed by atoms with Crippen LogP contribution in [0.5, 0.6) is 0 Å². The number of aromatic nitrogens is 3. The monoisotopic (exact) mass is 323 g/mol. The van der Waals surface area contributed by atoms with Gasteiger partial charge in [-0.2, -0.15) is 5.10 Å². The molecule has 1 N–H and O–H groups in total. The van der Waals surface area contributed by atoms with Gasteiger partial charge in [0.15, 0.2) is 12.1 Å². The summed E-state index contributed by atoms with van der Waals surface area (Å²) in [6.45, 7) is 2.39. The summed E-state index contributed by atoms with van der Waals surface area (Å²) in [5.41, 5.74) is 0.259. The molecule has 0 spiro atoms. The first kappa shape index (κ1) is 15.2. The quantitative estimate of drug-likeness (QED) is 0.690. The van der Waals surface area contributed by atoms with Crippen molar-refractivity contribution >= 4 is 27.1 Å². The zero-order valence-electron chi connectivity index (χ0n) is 12.4. The Hall–Kier alpha value is -1.74. The molecule has 0 bridgehead atoms. The number of hydrogen-bond donors (Lipinski definition) is 1. The maximum Gasteiger partial charge on any atom is 0.291 e. The van der Waals surface area contributed by atoms with Crippen LogP contribution in [0.25, 0.3) is 15.7 Å². The van der Waals surface area contributed by atoms with Gasteiger partial charge in [0, 0.05) is 19.1 Å². The van der Waals surface area contributed by atoms with Gasteiger partial charge in [-0.15, -0.1) is 11.3 Å². The van der Waals surface area contributed by atoms with Gasteiger partial charge in [-0.05, 0) is 24.4 Å². The third-order valence-electron chi connectivity index (χ3n) is 3.32. The molecule has 0 saturated heterocycles. The van der Waals surface area contributed by atoms with Crippen LogP contribution in [0.4, 0.5) is 0 Å². The SMILES string of the molecule is CCOC(O)Cn1nc(COC)n2c(cc3ccsc32)c1=O. The fraction of sp³-hybridized carbons (Fsp3) is 0.429. The van der Waals surface area contributed by atoms with E-state index in [-0.39, 0.29) is 18.7 Å². The maximum atomic E-state index is 12.6. The minimum absolute atomic E-state index is 0.0152. The number of aliphatic hydroxyl groups excluding tert-OH is 1. The molecule has 8 heteroatoms. The largest absolute Gasteiger partial charge is 0.377 e. The Morgan fingerprint density at radius 3 is 3.05 bits per heavy atom. The number of ether oxygens (including phenoxy) is 2. The van der Waals surface area contributed by atoms with Crippen molar-refractivity contribution in [1.82, 2.24) is 14.2 Å². The number of rotatable bonds is 6. The molecule has 3 aromatic heterocycles. The molecule has 0 aliphatic rings. The molecule has 0 amide bonds. The average Bonchev–Trinajstić information content (AvgIpc) is 3.05. The van der Waals surface area contributed by atoms with E-state index < -0.39 is 6.29 Å². The molecule has 0 aliphatic heterocycles. The van der Waals surface area contributed by atoms with Crippen molar-refractivity contribution in [2.45, 2.75) is 26.4 Å². The van der Waals surface area contributed by atoms with E-state index in [2.05, 4.69) is 5.10 Å². The molecular formula is C14H17N3O4S. The van der Waals surface area contributed by atoms with Gasteiger partial charge >= 0.3 is 0 Å². The van der Waals surface area contributed by atoms with Crippen molar-refractivity contribution in [3.8, 4) is 0 Å². The molecule has 0 aliphatic carbocycles. The van der Waals surface area contributed by atoms with E-state index in [1.165, 1.54) is 4.68 Å². The van der Waals surface area contributed by atoms with E-state index in [0.717, 1.165) is 10.2 Å². The molecule has 22 heavy (non-hydrogen) atoms. The number of nitrogens with zero attached hydrogens (tertiary/aromatic N) is 3. The van der Waals surface area contributed by atoms with Crippen molar-refractivity contribution in [2.75, 3.05) is 13.7 Å². The highest BCUT2D eigenvalue weighted by atomic mass is 32.1. The van der Waals surface area contributed by atoms with Crippen molar-refractivity contribution in [2.24, 2.45) is 0 Å². The minimum Gasteiger partial charge on any atom is -0.377 e. The van der Waals surface area contributed by atoms with Crippen molar-refractivity contribution in [1.29, 1.82) is 0 Å². The van der Waals surface area contributed by atoms with Crippen LogP contribution in [0.2, 0.25) is 0 Å². The molecule has 0 radical (unpaired) electrons. The Bertz CT molecular complexity index is 851. The highest BCUT2D eigenvalue weighted by molar-refractivity contribution is 7.16. The van der Waals surface area contributed by atoms with Crippen LogP contribution in [0.3, 0.4) is 0 Å². The topological polar surface area (TPSA) is 78.0 Å². The highest BCUT2D eigenvalue weighted by Gasteiger charge is 2.16. The van der Waals surface area contributed by atoms with Crippen LogP contribution < -0.4 is 5.56 Å². The zero-order chi connectivity index (χ0) is 15.7. The lowest BCUT2D eigenvalue weighted by atomic mass is 10.4. The summed E-state index contributed by atoms with van der Waals surface area (Å²) in [7, 11) is 1.58. The Balaban J connectivity index is 2.18. The molecule has 3 aromatic rings. The van der Waals surface area contributed by atoms with Crippen LogP contribution in [0.15, 0.2) is 22.3 Å². The molecule has 1 unspecified atom stereocenters. The van der Waals surface area contributed by atoms with Crippen LogP contribution in [-0.4, -0.2) is 39.3 Å². The van der Waals surface area contributed by atoms with Gasteiger partial charge in [-0.1, -0.05) is 0 Å². The fourth-order valence-electron chi connectivity index (χ4n) is 2.44. The summed E-state index contributed by atoms with van der Waals surface area (Å²) < 4.78 is 13.3. The van der Waals surface area contributed by atoms with Gasteiger partial charge in [0.05, 0.1) is 6.54 Å². The molecular weight excluding hydrogens is 306 g/mol. The van der Waals surface area contributed by atoms with Crippen LogP contribution >= 0.6 is 11.3 Å². The smallest absolute Gasteiger partial charge is 0.291 e. The van der Waals surface area contributed by atoms with Gasteiger partial charge in [-0.3, -0.25) is 9.20 Å². The summed E-state index contributed by atoms with van der Waals surface area (Å²) in [5.74, 6) is 0.609. The number of hydrogen-bond acceptors (Lipinski definition) is 6. The summed E-state index contributed by atoms with van der Waals surface area (Å²) in [4.78, 5) is 13.5. The van der Waals surface area contributed by atoms with E-state index >= 15 is 0 Å². The average molecular weight is 323 g/mol. The zero-order valence-corrected chi connectivity index (χ0v) is 13.2. The molecule has 0 aromatic carbocycles. The van der Waals surface area contributed by atoms with Gasteiger partial charge in [-0.25, -0.2) is 4.68 Å². The number of aliphatic hydroxyl groups is 1. The fourth-order valence-corrected chi connectivity index (χ4v) is 3.35. The van der Waals surface area contributed by atoms with Crippen molar-refractivity contribution in [3.63, 3.8) is 0 Å². The third kappa shape index (κ3) is 2.54. The van der Waals surface area contributed by atoms with Gasteiger partial charge in [0.1, 0.15) is 17.0 Å². The molecule has 118 valence electrons. The number of thiophene rings is 1. The van der Waals surface area contributed by atoms with E-state index in [0.29, 0.717) is 17.9 Å². The second-order valence-electron chi connectivity index (χ2n) is 4.79. The summed E-state index contributed by atoms with van der Waals surface area (Å²) in [5, 5.41) is 17.0. The van der Waals surface area contributed by atoms with Gasteiger partial charge in [0.2, 0.25) is 0 Å². The Morgan fingerprint density at radius 1 is 1.50 bits per heavy atom. The third-order valence-corrected chi connectivity index (χ3v) is 4.23.